The Morgan fingerprint density at radius 1 is 1.27 bits per heavy atom. The van der Waals surface area contributed by atoms with Crippen molar-refractivity contribution in [2.45, 2.75) is 51.1 Å². The van der Waals surface area contributed by atoms with Gasteiger partial charge in [-0.05, 0) is 56.9 Å². The van der Waals surface area contributed by atoms with E-state index in [2.05, 4.69) is 41.8 Å². The van der Waals surface area contributed by atoms with Crippen molar-refractivity contribution in [2.75, 3.05) is 6.61 Å². The molecule has 4 nitrogen and oxygen atoms in total. The van der Waals surface area contributed by atoms with Gasteiger partial charge in [0, 0.05) is 0 Å². The minimum absolute atomic E-state index is 0.0102. The summed E-state index contributed by atoms with van der Waals surface area (Å²) in [7, 11) is 0. The number of hydrogen-bond acceptors (Lipinski definition) is 2. The SMILES string of the molecule is Cc1ccc(C(NC(=O)NC(C)(CO)C2CC2)C2CC2)cc1. The lowest BCUT2D eigenvalue weighted by Crippen LogP contribution is -2.54. The molecule has 0 heterocycles. The standard InChI is InChI=1S/C18H26N2O2/c1-12-3-5-13(6-4-12)16(14-7-8-14)19-17(22)20-18(2,11-21)15-9-10-15/h3-6,14-16,21H,7-11H2,1-2H3,(H2,19,20,22). The predicted octanol–water partition coefficient (Wildman–Crippen LogP) is 2.91. The number of benzene rings is 1. The van der Waals surface area contributed by atoms with E-state index in [4.69, 9.17) is 0 Å². The molecule has 0 saturated heterocycles. The molecule has 1 aromatic rings. The molecule has 4 heteroatoms. The smallest absolute Gasteiger partial charge is 0.315 e. The van der Waals surface area contributed by atoms with Gasteiger partial charge in [0.2, 0.25) is 0 Å². The fourth-order valence-corrected chi connectivity index (χ4v) is 3.10. The summed E-state index contributed by atoms with van der Waals surface area (Å²) in [6.07, 6.45) is 4.50. The number of rotatable bonds is 6. The topological polar surface area (TPSA) is 61.4 Å². The third kappa shape index (κ3) is 3.43. The maximum absolute atomic E-state index is 12.4. The molecule has 3 N–H and O–H groups in total. The zero-order valence-corrected chi connectivity index (χ0v) is 13.4. The molecule has 0 aromatic heterocycles. The minimum atomic E-state index is -0.495. The molecule has 2 fully saturated rings. The first-order valence-corrected chi connectivity index (χ1v) is 8.28. The highest BCUT2D eigenvalue weighted by Gasteiger charge is 2.43. The summed E-state index contributed by atoms with van der Waals surface area (Å²) < 4.78 is 0. The van der Waals surface area contributed by atoms with Crippen LogP contribution in [0.2, 0.25) is 0 Å². The van der Waals surface area contributed by atoms with E-state index >= 15 is 0 Å². The van der Waals surface area contributed by atoms with Crippen LogP contribution in [0.15, 0.2) is 24.3 Å². The summed E-state index contributed by atoms with van der Waals surface area (Å²) in [5.41, 5.74) is 1.90. The molecule has 2 amide bonds. The van der Waals surface area contributed by atoms with E-state index in [-0.39, 0.29) is 18.7 Å². The first-order valence-electron chi connectivity index (χ1n) is 8.28. The quantitative estimate of drug-likeness (QED) is 0.756. The largest absolute Gasteiger partial charge is 0.394 e. The van der Waals surface area contributed by atoms with E-state index in [0.717, 1.165) is 12.8 Å². The summed E-state index contributed by atoms with van der Waals surface area (Å²) in [5.74, 6) is 0.941. The Kier molecular flexibility index (Phi) is 4.13. The molecule has 2 atom stereocenters. The van der Waals surface area contributed by atoms with Crippen LogP contribution in [0.1, 0.15) is 49.8 Å². The van der Waals surface area contributed by atoms with Gasteiger partial charge in [0.15, 0.2) is 0 Å². The summed E-state index contributed by atoms with van der Waals surface area (Å²) in [5, 5.41) is 15.7. The van der Waals surface area contributed by atoms with Gasteiger partial charge in [0.25, 0.3) is 0 Å². The van der Waals surface area contributed by atoms with Gasteiger partial charge in [-0.1, -0.05) is 29.8 Å². The molecule has 120 valence electrons. The van der Waals surface area contributed by atoms with Gasteiger partial charge in [-0.15, -0.1) is 0 Å². The molecule has 2 saturated carbocycles. The number of aliphatic hydroxyl groups excluding tert-OH is 1. The summed E-state index contributed by atoms with van der Waals surface area (Å²) >= 11 is 0. The van der Waals surface area contributed by atoms with Crippen LogP contribution in [0, 0.1) is 18.8 Å². The van der Waals surface area contributed by atoms with Gasteiger partial charge in [-0.2, -0.15) is 0 Å². The van der Waals surface area contributed by atoms with Gasteiger partial charge in [-0.25, -0.2) is 4.79 Å². The lowest BCUT2D eigenvalue weighted by Gasteiger charge is -2.30. The predicted molar refractivity (Wildman–Crippen MR) is 86.5 cm³/mol. The van der Waals surface area contributed by atoms with Crippen molar-refractivity contribution in [1.29, 1.82) is 0 Å². The number of nitrogens with one attached hydrogen (secondary N) is 2. The van der Waals surface area contributed by atoms with Crippen LogP contribution in [0.4, 0.5) is 4.79 Å². The number of aliphatic hydroxyl groups is 1. The summed E-state index contributed by atoms with van der Waals surface area (Å²) in [6, 6.07) is 8.29. The van der Waals surface area contributed by atoms with E-state index < -0.39 is 5.54 Å². The number of hydrogen-bond donors (Lipinski definition) is 3. The van der Waals surface area contributed by atoms with Gasteiger partial charge >= 0.3 is 6.03 Å². The fourth-order valence-electron chi connectivity index (χ4n) is 3.10. The average Bonchev–Trinajstić information content (AvgIpc) is 3.38. The van der Waals surface area contributed by atoms with E-state index in [0.29, 0.717) is 11.8 Å². The van der Waals surface area contributed by atoms with Crippen molar-refractivity contribution < 1.29 is 9.90 Å². The number of carbonyl (C=O) groups is 1. The average molecular weight is 302 g/mol. The summed E-state index contributed by atoms with van der Waals surface area (Å²) in [4.78, 5) is 12.4. The highest BCUT2D eigenvalue weighted by Crippen LogP contribution is 2.42. The molecule has 0 aliphatic heterocycles. The van der Waals surface area contributed by atoms with Crippen LogP contribution in [0.3, 0.4) is 0 Å². The Labute approximate surface area is 132 Å². The molecule has 0 radical (unpaired) electrons. The molecule has 22 heavy (non-hydrogen) atoms. The zero-order valence-electron chi connectivity index (χ0n) is 13.4. The normalized spacial score (nSPS) is 21.8. The Hall–Kier alpha value is -1.55. The first-order chi connectivity index (χ1) is 10.5. The third-order valence-corrected chi connectivity index (χ3v) is 5.02. The van der Waals surface area contributed by atoms with Crippen LogP contribution in [0.25, 0.3) is 0 Å². The van der Waals surface area contributed by atoms with Crippen molar-refractivity contribution in [3.8, 4) is 0 Å². The van der Waals surface area contributed by atoms with Crippen LogP contribution in [-0.2, 0) is 0 Å². The van der Waals surface area contributed by atoms with E-state index in [1.165, 1.54) is 24.0 Å². The molecule has 1 aromatic carbocycles. The Bertz CT molecular complexity index is 535. The molecular formula is C18H26N2O2. The second kappa shape index (κ2) is 5.92. The van der Waals surface area contributed by atoms with Crippen molar-refractivity contribution in [3.63, 3.8) is 0 Å². The minimum Gasteiger partial charge on any atom is -0.394 e. The Balaban J connectivity index is 1.66. The lowest BCUT2D eigenvalue weighted by molar-refractivity contribution is 0.153. The lowest BCUT2D eigenvalue weighted by atomic mass is 9.97. The first kappa shape index (κ1) is 15.3. The van der Waals surface area contributed by atoms with Crippen LogP contribution >= 0.6 is 0 Å². The molecule has 2 aliphatic rings. The third-order valence-electron chi connectivity index (χ3n) is 5.02. The van der Waals surface area contributed by atoms with Gasteiger partial charge < -0.3 is 15.7 Å². The van der Waals surface area contributed by atoms with E-state index in [9.17, 15) is 9.90 Å². The van der Waals surface area contributed by atoms with Crippen LogP contribution in [-0.4, -0.2) is 23.3 Å². The van der Waals surface area contributed by atoms with Gasteiger partial charge in [0.05, 0.1) is 18.2 Å². The number of aryl methyl sites for hydroxylation is 1. The maximum atomic E-state index is 12.4. The highest BCUT2D eigenvalue weighted by molar-refractivity contribution is 5.75. The van der Waals surface area contributed by atoms with Crippen LogP contribution in [0.5, 0.6) is 0 Å². The number of carbonyl (C=O) groups excluding carboxylic acids is 1. The number of amides is 2. The molecule has 3 rings (SSSR count). The van der Waals surface area contributed by atoms with Gasteiger partial charge in [-0.3, -0.25) is 0 Å². The van der Waals surface area contributed by atoms with Crippen LogP contribution < -0.4 is 10.6 Å². The highest BCUT2D eigenvalue weighted by atomic mass is 16.3. The molecule has 0 bridgehead atoms. The Morgan fingerprint density at radius 2 is 1.91 bits per heavy atom. The van der Waals surface area contributed by atoms with Crippen molar-refractivity contribution >= 4 is 6.03 Å². The molecule has 2 aliphatic carbocycles. The molecule has 0 spiro atoms. The summed E-state index contributed by atoms with van der Waals surface area (Å²) in [6.45, 7) is 3.99. The van der Waals surface area contributed by atoms with Gasteiger partial charge in [0.1, 0.15) is 0 Å². The molecule has 2 unspecified atom stereocenters. The second-order valence-electron chi connectivity index (χ2n) is 7.17. The maximum Gasteiger partial charge on any atom is 0.315 e. The van der Waals surface area contributed by atoms with E-state index in [1.807, 2.05) is 6.92 Å². The second-order valence-corrected chi connectivity index (χ2v) is 7.17. The van der Waals surface area contributed by atoms with Crippen molar-refractivity contribution in [1.82, 2.24) is 10.6 Å². The zero-order chi connectivity index (χ0) is 15.7. The fraction of sp³-hybridized carbons (Fsp3) is 0.611. The Morgan fingerprint density at radius 3 is 2.41 bits per heavy atom. The molecular weight excluding hydrogens is 276 g/mol. The van der Waals surface area contributed by atoms with E-state index in [1.54, 1.807) is 0 Å². The van der Waals surface area contributed by atoms with Crippen molar-refractivity contribution in [3.05, 3.63) is 35.4 Å². The number of urea groups is 1. The monoisotopic (exact) mass is 302 g/mol. The van der Waals surface area contributed by atoms with Crippen molar-refractivity contribution in [2.24, 2.45) is 11.8 Å².